The Morgan fingerprint density at radius 1 is 1.23 bits per heavy atom. The maximum absolute atomic E-state index is 3.38. The van der Waals surface area contributed by atoms with Crippen molar-refractivity contribution in [1.82, 2.24) is 5.32 Å². The number of rotatable bonds is 2. The van der Waals surface area contributed by atoms with Gasteiger partial charge in [-0.05, 0) is 12.6 Å². The molecule has 2 atom stereocenters. The van der Waals surface area contributed by atoms with E-state index in [1.165, 1.54) is 18.7 Å². The van der Waals surface area contributed by atoms with Crippen LogP contribution in [-0.2, 0) is 0 Å². The molecule has 0 aliphatic carbocycles. The maximum atomic E-state index is 3.38. The van der Waals surface area contributed by atoms with E-state index in [4.69, 9.17) is 0 Å². The van der Waals surface area contributed by atoms with E-state index >= 15 is 0 Å². The van der Waals surface area contributed by atoms with Gasteiger partial charge in [-0.3, -0.25) is 0 Å². The van der Waals surface area contributed by atoms with Gasteiger partial charge in [-0.25, -0.2) is 0 Å². The average Bonchev–Trinajstić information content (AvgIpc) is 2.67. The summed E-state index contributed by atoms with van der Waals surface area (Å²) < 4.78 is 0. The van der Waals surface area contributed by atoms with Crippen molar-refractivity contribution in [2.24, 2.45) is 0 Å². The van der Waals surface area contributed by atoms with Gasteiger partial charge in [-0.15, -0.1) is 0 Å². The van der Waals surface area contributed by atoms with E-state index in [0.717, 1.165) is 0 Å². The van der Waals surface area contributed by atoms with Crippen LogP contribution in [-0.4, -0.2) is 26.2 Å². The molecule has 70 valence electrons. The fourth-order valence-corrected chi connectivity index (χ4v) is 2.17. The Bertz CT molecular complexity index is 258. The highest BCUT2D eigenvalue weighted by molar-refractivity contribution is 5.21. The zero-order chi connectivity index (χ0) is 9.10. The van der Waals surface area contributed by atoms with Crippen LogP contribution in [0.4, 0.5) is 0 Å². The van der Waals surface area contributed by atoms with Crippen LogP contribution >= 0.6 is 0 Å². The molecule has 0 amide bonds. The predicted octanol–water partition coefficient (Wildman–Crippen LogP) is -0.0648. The first kappa shape index (κ1) is 8.73. The zero-order valence-electron chi connectivity index (χ0n) is 8.03. The molecule has 1 fully saturated rings. The highest BCUT2D eigenvalue weighted by atomic mass is 15.0. The van der Waals surface area contributed by atoms with E-state index in [0.29, 0.717) is 12.0 Å². The van der Waals surface area contributed by atoms with Crippen LogP contribution in [0, 0.1) is 0 Å². The third-order valence-electron chi connectivity index (χ3n) is 2.93. The van der Waals surface area contributed by atoms with Crippen LogP contribution in [0.2, 0.25) is 0 Å². The van der Waals surface area contributed by atoms with Crippen LogP contribution in [0.15, 0.2) is 30.3 Å². The second kappa shape index (κ2) is 3.90. The summed E-state index contributed by atoms with van der Waals surface area (Å²) >= 11 is 0. The highest BCUT2D eigenvalue weighted by Gasteiger charge is 2.30. The van der Waals surface area contributed by atoms with E-state index in [2.05, 4.69) is 48.0 Å². The Morgan fingerprint density at radius 2 is 2.00 bits per heavy atom. The van der Waals surface area contributed by atoms with E-state index in [1.807, 2.05) is 0 Å². The molecule has 3 N–H and O–H groups in total. The lowest BCUT2D eigenvalue weighted by molar-refractivity contribution is -0.637. The largest absolute Gasteiger partial charge is 0.344 e. The van der Waals surface area contributed by atoms with Crippen molar-refractivity contribution in [3.8, 4) is 0 Å². The molecule has 2 heteroatoms. The molecule has 2 nitrogen and oxygen atoms in total. The number of hydrogen-bond acceptors (Lipinski definition) is 1. The second-order valence-electron chi connectivity index (χ2n) is 3.67. The summed E-state index contributed by atoms with van der Waals surface area (Å²) in [5.41, 5.74) is 1.47. The molecule has 0 spiro atoms. The van der Waals surface area contributed by atoms with Crippen LogP contribution in [0.1, 0.15) is 11.5 Å². The van der Waals surface area contributed by atoms with Gasteiger partial charge in [0.25, 0.3) is 0 Å². The lowest BCUT2D eigenvalue weighted by Gasteiger charge is -2.14. The van der Waals surface area contributed by atoms with Crippen molar-refractivity contribution < 1.29 is 5.32 Å². The molecule has 1 aliphatic rings. The first-order valence-electron chi connectivity index (χ1n) is 4.95. The summed E-state index contributed by atoms with van der Waals surface area (Å²) in [6, 6.07) is 11.4. The molecule has 0 saturated carbocycles. The lowest BCUT2D eigenvalue weighted by atomic mass is 9.95. The average molecular weight is 177 g/mol. The number of hydrogen-bond donors (Lipinski definition) is 2. The van der Waals surface area contributed by atoms with Crippen molar-refractivity contribution in [1.29, 1.82) is 0 Å². The highest BCUT2D eigenvalue weighted by Crippen LogP contribution is 2.19. The SMILES string of the molecule is CNC1C[NH2+]CC1c1ccccc1. The predicted molar refractivity (Wildman–Crippen MR) is 53.7 cm³/mol. The third-order valence-corrected chi connectivity index (χ3v) is 2.93. The number of likely N-dealkylation sites (N-methyl/N-ethyl adjacent to an activating group) is 1. The number of nitrogens with two attached hydrogens (primary N) is 1. The summed E-state index contributed by atoms with van der Waals surface area (Å²) in [7, 11) is 2.06. The van der Waals surface area contributed by atoms with Gasteiger partial charge < -0.3 is 10.6 Å². The van der Waals surface area contributed by atoms with Crippen LogP contribution in [0.3, 0.4) is 0 Å². The number of quaternary nitrogens is 1. The molecular formula is C11H17N2+. The monoisotopic (exact) mass is 177 g/mol. The Hall–Kier alpha value is -0.860. The van der Waals surface area contributed by atoms with Crippen LogP contribution in [0.5, 0.6) is 0 Å². The quantitative estimate of drug-likeness (QED) is 0.651. The van der Waals surface area contributed by atoms with Crippen molar-refractivity contribution >= 4 is 0 Å². The zero-order valence-corrected chi connectivity index (χ0v) is 8.03. The van der Waals surface area contributed by atoms with Crippen molar-refractivity contribution in [3.05, 3.63) is 35.9 Å². The van der Waals surface area contributed by atoms with Crippen molar-refractivity contribution in [2.45, 2.75) is 12.0 Å². The van der Waals surface area contributed by atoms with Gasteiger partial charge >= 0.3 is 0 Å². The molecule has 1 aromatic carbocycles. The maximum Gasteiger partial charge on any atom is 0.0919 e. The molecule has 2 unspecified atom stereocenters. The lowest BCUT2D eigenvalue weighted by Crippen LogP contribution is -2.82. The second-order valence-corrected chi connectivity index (χ2v) is 3.67. The standard InChI is InChI=1S/C11H16N2/c1-12-11-8-13-7-10(11)9-5-3-2-4-6-9/h2-6,10-13H,7-8H2,1H3/p+1. The molecule has 0 radical (unpaired) electrons. The minimum absolute atomic E-state index is 0.641. The fourth-order valence-electron chi connectivity index (χ4n) is 2.17. The first-order chi connectivity index (χ1) is 6.42. The summed E-state index contributed by atoms with van der Waals surface area (Å²) in [5.74, 6) is 0.686. The van der Waals surface area contributed by atoms with Crippen LogP contribution < -0.4 is 10.6 Å². The number of nitrogens with one attached hydrogen (secondary N) is 1. The molecule has 13 heavy (non-hydrogen) atoms. The summed E-state index contributed by atoms with van der Waals surface area (Å²) in [6.45, 7) is 2.42. The summed E-state index contributed by atoms with van der Waals surface area (Å²) in [5, 5.41) is 5.77. The third kappa shape index (κ3) is 1.74. The Balaban J connectivity index is 2.16. The van der Waals surface area contributed by atoms with E-state index in [1.54, 1.807) is 0 Å². The van der Waals surface area contributed by atoms with Gasteiger partial charge in [0.15, 0.2) is 0 Å². The minimum atomic E-state index is 0.641. The van der Waals surface area contributed by atoms with Crippen molar-refractivity contribution in [2.75, 3.05) is 20.1 Å². The van der Waals surface area contributed by atoms with Gasteiger partial charge in [-0.1, -0.05) is 30.3 Å². The van der Waals surface area contributed by atoms with Gasteiger partial charge in [0, 0.05) is 0 Å². The number of benzene rings is 1. The Labute approximate surface area is 79.4 Å². The van der Waals surface area contributed by atoms with Crippen molar-refractivity contribution in [3.63, 3.8) is 0 Å². The van der Waals surface area contributed by atoms with Gasteiger partial charge in [0.1, 0.15) is 0 Å². The molecule has 0 aromatic heterocycles. The molecule has 1 aliphatic heterocycles. The van der Waals surface area contributed by atoms with Crippen LogP contribution in [0.25, 0.3) is 0 Å². The molecule has 1 heterocycles. The van der Waals surface area contributed by atoms with E-state index in [-0.39, 0.29) is 0 Å². The van der Waals surface area contributed by atoms with Gasteiger partial charge in [0.05, 0.1) is 25.0 Å². The fraction of sp³-hybridized carbons (Fsp3) is 0.455. The summed E-state index contributed by atoms with van der Waals surface area (Å²) in [6.07, 6.45) is 0. The topological polar surface area (TPSA) is 28.6 Å². The Morgan fingerprint density at radius 3 is 2.69 bits per heavy atom. The minimum Gasteiger partial charge on any atom is -0.344 e. The molecule has 2 rings (SSSR count). The molecule has 1 saturated heterocycles. The Kier molecular flexibility index (Phi) is 2.62. The van der Waals surface area contributed by atoms with E-state index < -0.39 is 0 Å². The van der Waals surface area contributed by atoms with Gasteiger partial charge in [0.2, 0.25) is 0 Å². The first-order valence-corrected chi connectivity index (χ1v) is 4.95. The molecule has 1 aromatic rings. The smallest absolute Gasteiger partial charge is 0.0919 e. The normalized spacial score (nSPS) is 27.8. The molecule has 0 bridgehead atoms. The van der Waals surface area contributed by atoms with E-state index in [9.17, 15) is 0 Å². The molecular weight excluding hydrogens is 160 g/mol. The van der Waals surface area contributed by atoms with Gasteiger partial charge in [-0.2, -0.15) is 0 Å². The summed E-state index contributed by atoms with van der Waals surface area (Å²) in [4.78, 5) is 0.